The summed E-state index contributed by atoms with van der Waals surface area (Å²) in [5.41, 5.74) is 2.61. The van der Waals surface area contributed by atoms with E-state index in [0.717, 1.165) is 42.1 Å². The van der Waals surface area contributed by atoms with Crippen LogP contribution >= 0.6 is 23.2 Å². The van der Waals surface area contributed by atoms with E-state index in [9.17, 15) is 4.79 Å². The molecule has 0 aliphatic heterocycles. The van der Waals surface area contributed by atoms with Crippen LogP contribution in [-0.4, -0.2) is 43.5 Å². The standard InChI is InChI=1S/C13H11Cl2N2O.Na/c1-7-11(14)5-4-9(12(7)15)13(18)10-6-17(3)16-8(10)2;/h4-5H,1-3H3;. The van der Waals surface area contributed by atoms with Gasteiger partial charge in [-0.3, -0.25) is 0 Å². The zero-order chi connectivity index (χ0) is 14.3. The van der Waals surface area contributed by atoms with Crippen LogP contribution in [0.5, 0.6) is 0 Å². The third-order valence-corrected chi connectivity index (χ3v) is 5.34. The van der Waals surface area contributed by atoms with E-state index >= 15 is 0 Å². The van der Waals surface area contributed by atoms with E-state index in [1.807, 2.05) is 14.0 Å². The summed E-state index contributed by atoms with van der Waals surface area (Å²) in [6.45, 7) is 3.64. The van der Waals surface area contributed by atoms with E-state index < -0.39 is 0 Å². The molecule has 1 aromatic carbocycles. The maximum absolute atomic E-state index is 12.6. The number of aromatic nitrogens is 2. The van der Waals surface area contributed by atoms with Gasteiger partial charge in [-0.2, -0.15) is 0 Å². The Kier molecular flexibility index (Phi) is 4.43. The van der Waals surface area contributed by atoms with Crippen LogP contribution in [0.4, 0.5) is 0 Å². The number of rotatable bonds is 2. The minimum absolute atomic E-state index is 0.0830. The molecule has 3 nitrogen and oxygen atoms in total. The Hall–Kier alpha value is -0.320. The summed E-state index contributed by atoms with van der Waals surface area (Å²) in [6.07, 6.45) is 0. The fraction of sp³-hybridized carbons (Fsp3) is 0.231. The number of hydrogen-bond acceptors (Lipinski definition) is 2. The molecule has 6 heteroatoms. The monoisotopic (exact) mass is 304 g/mol. The fourth-order valence-corrected chi connectivity index (χ4v) is 3.22. The Morgan fingerprint density at radius 2 is 1.95 bits per heavy atom. The first kappa shape index (κ1) is 15.1. The number of carbonyl (C=O) groups excluding carboxylic acids is 1. The van der Waals surface area contributed by atoms with E-state index in [2.05, 4.69) is 5.10 Å². The third-order valence-electron chi connectivity index (χ3n) is 3.30. The number of aryl methyl sites for hydroxylation is 2. The Morgan fingerprint density at radius 3 is 2.47 bits per heavy atom. The summed E-state index contributed by atoms with van der Waals surface area (Å²) in [4.78, 5) is 12.6. The van der Waals surface area contributed by atoms with Gasteiger partial charge in [0.25, 0.3) is 0 Å². The zero-order valence-electron chi connectivity index (χ0n) is 11.2. The van der Waals surface area contributed by atoms with E-state index in [-0.39, 0.29) is 5.78 Å². The van der Waals surface area contributed by atoms with Gasteiger partial charge in [-0.15, -0.1) is 0 Å². The van der Waals surface area contributed by atoms with Crippen LogP contribution in [0.1, 0.15) is 27.2 Å². The second kappa shape index (κ2) is 5.58. The fourth-order valence-electron chi connectivity index (χ4n) is 2.07. The van der Waals surface area contributed by atoms with Crippen LogP contribution in [0.2, 0.25) is 10.0 Å². The number of ketones is 1. The molecule has 0 radical (unpaired) electrons. The summed E-state index contributed by atoms with van der Waals surface area (Å²) in [5.74, 6) is -0.0830. The van der Waals surface area contributed by atoms with Crippen molar-refractivity contribution in [2.24, 2.45) is 7.05 Å². The van der Waals surface area contributed by atoms with Crippen LogP contribution in [0.25, 0.3) is 0 Å². The zero-order valence-corrected chi connectivity index (χ0v) is 14.7. The van der Waals surface area contributed by atoms with Crippen molar-refractivity contribution in [1.29, 1.82) is 0 Å². The molecule has 1 aromatic heterocycles. The number of hydrogen-bond donors (Lipinski definition) is 0. The van der Waals surface area contributed by atoms with Gasteiger partial charge in [-0.25, -0.2) is 0 Å². The van der Waals surface area contributed by atoms with Gasteiger partial charge in [0.2, 0.25) is 0 Å². The SMILES string of the molecule is Cc1nn(C)[c]([Na])c1C(=O)c1ccc(Cl)c(C)c1Cl. The third kappa shape index (κ3) is 2.63. The van der Waals surface area contributed by atoms with Gasteiger partial charge in [-0.05, 0) is 0 Å². The van der Waals surface area contributed by atoms with Crippen LogP contribution in [0.3, 0.4) is 0 Å². The van der Waals surface area contributed by atoms with Crippen molar-refractivity contribution in [3.63, 3.8) is 0 Å². The molecule has 0 aliphatic rings. The van der Waals surface area contributed by atoms with Crippen LogP contribution in [0, 0.1) is 13.8 Å². The van der Waals surface area contributed by atoms with Gasteiger partial charge < -0.3 is 0 Å². The van der Waals surface area contributed by atoms with E-state index in [1.54, 1.807) is 23.7 Å². The number of benzene rings is 1. The Balaban J connectivity index is 2.60. The summed E-state index contributed by atoms with van der Waals surface area (Å²) in [5, 5.41) is 5.27. The van der Waals surface area contributed by atoms with E-state index in [0.29, 0.717) is 21.2 Å². The molecule has 0 N–H and O–H groups in total. The van der Waals surface area contributed by atoms with E-state index in [1.165, 1.54) is 0 Å². The summed E-state index contributed by atoms with van der Waals surface area (Å²) in [6, 6.07) is 3.38. The molecule has 0 spiro atoms. The van der Waals surface area contributed by atoms with Gasteiger partial charge >= 0.3 is 140 Å². The molecule has 0 amide bonds. The molecular weight excluding hydrogens is 294 g/mol. The number of halogens is 2. The molecule has 2 rings (SSSR count). The first-order valence-corrected chi connectivity index (χ1v) is 7.59. The molecule has 2 aromatic rings. The summed E-state index contributed by atoms with van der Waals surface area (Å²) < 4.78 is 2.72. The Bertz CT molecular complexity index is 680. The molecule has 0 atom stereocenters. The predicted molar refractivity (Wildman–Crippen MR) is 78.0 cm³/mol. The molecule has 0 saturated heterocycles. The first-order valence-electron chi connectivity index (χ1n) is 5.84. The van der Waals surface area contributed by atoms with Crippen molar-refractivity contribution >= 4 is 59.9 Å². The maximum atomic E-state index is 12.6. The first-order chi connectivity index (χ1) is 8.84. The molecule has 0 bridgehead atoms. The van der Waals surface area contributed by atoms with Gasteiger partial charge in [-0.1, -0.05) is 0 Å². The molecule has 0 saturated carbocycles. The van der Waals surface area contributed by atoms with Crippen molar-refractivity contribution in [2.75, 3.05) is 0 Å². The van der Waals surface area contributed by atoms with Crippen LogP contribution in [0.15, 0.2) is 12.1 Å². The number of carbonyl (C=O) groups is 1. The molecule has 1 heterocycles. The van der Waals surface area contributed by atoms with Crippen molar-refractivity contribution in [1.82, 2.24) is 9.78 Å². The summed E-state index contributed by atoms with van der Waals surface area (Å²) in [7, 11) is 1.85. The van der Waals surface area contributed by atoms with Gasteiger partial charge in [0.15, 0.2) is 0 Å². The van der Waals surface area contributed by atoms with Gasteiger partial charge in [0.1, 0.15) is 0 Å². The van der Waals surface area contributed by atoms with Gasteiger partial charge in [0.05, 0.1) is 0 Å². The quantitative estimate of drug-likeness (QED) is 0.631. The average molecular weight is 305 g/mol. The number of nitrogens with zero attached hydrogens (tertiary/aromatic N) is 2. The topological polar surface area (TPSA) is 34.9 Å². The van der Waals surface area contributed by atoms with Crippen molar-refractivity contribution in [2.45, 2.75) is 13.8 Å². The van der Waals surface area contributed by atoms with Crippen molar-refractivity contribution in [3.8, 4) is 0 Å². The molecule has 0 aliphatic carbocycles. The minimum atomic E-state index is -0.0830. The second-order valence-electron chi connectivity index (χ2n) is 4.53. The predicted octanol–water partition coefficient (Wildman–Crippen LogP) is 2.37. The molecule has 19 heavy (non-hydrogen) atoms. The molecule has 0 unspecified atom stereocenters. The Labute approximate surface area is 139 Å². The molecular formula is C13H11Cl2N2NaO. The van der Waals surface area contributed by atoms with Gasteiger partial charge in [0, 0.05) is 0 Å². The van der Waals surface area contributed by atoms with E-state index in [4.69, 9.17) is 23.2 Å². The molecule has 0 fully saturated rings. The second-order valence-corrected chi connectivity index (χ2v) is 6.26. The Morgan fingerprint density at radius 1 is 1.32 bits per heavy atom. The average Bonchev–Trinajstić information content (AvgIpc) is 2.60. The van der Waals surface area contributed by atoms with Crippen LogP contribution < -0.4 is 2.94 Å². The van der Waals surface area contributed by atoms with Crippen molar-refractivity contribution in [3.05, 3.63) is 44.6 Å². The summed E-state index contributed by atoms with van der Waals surface area (Å²) >= 11 is 13.0. The molecule has 94 valence electrons. The van der Waals surface area contributed by atoms with Crippen LogP contribution in [-0.2, 0) is 7.05 Å². The van der Waals surface area contributed by atoms with Crippen molar-refractivity contribution < 1.29 is 4.79 Å². The normalized spacial score (nSPS) is 10.9.